The Morgan fingerprint density at radius 1 is 1.27 bits per heavy atom. The predicted molar refractivity (Wildman–Crippen MR) is 80.8 cm³/mol. The lowest BCUT2D eigenvalue weighted by Gasteiger charge is -2.09. The van der Waals surface area contributed by atoms with Gasteiger partial charge in [0.1, 0.15) is 5.69 Å². The van der Waals surface area contributed by atoms with Gasteiger partial charge in [-0.25, -0.2) is 13.6 Å². The number of aryl methyl sites for hydroxylation is 1. The molecule has 22 heavy (non-hydrogen) atoms. The van der Waals surface area contributed by atoms with E-state index in [1.165, 1.54) is 12.1 Å². The SMILES string of the molecule is Cc1cccc(CNc2cccc(S(N)(=O)=O)c2[N+](=O)[O-])n1. The van der Waals surface area contributed by atoms with Crippen LogP contribution in [-0.4, -0.2) is 18.3 Å². The monoisotopic (exact) mass is 322 g/mol. The van der Waals surface area contributed by atoms with Crippen LogP contribution in [0.25, 0.3) is 0 Å². The summed E-state index contributed by atoms with van der Waals surface area (Å²) in [5.41, 5.74) is 0.986. The molecule has 2 rings (SSSR count). The fourth-order valence-corrected chi connectivity index (χ4v) is 2.69. The molecule has 0 aliphatic carbocycles. The van der Waals surface area contributed by atoms with E-state index in [2.05, 4.69) is 10.3 Å². The van der Waals surface area contributed by atoms with Gasteiger partial charge in [-0.05, 0) is 31.2 Å². The maximum atomic E-state index is 11.5. The third-order valence-corrected chi connectivity index (χ3v) is 3.84. The van der Waals surface area contributed by atoms with Gasteiger partial charge in [-0.1, -0.05) is 12.1 Å². The summed E-state index contributed by atoms with van der Waals surface area (Å²) < 4.78 is 22.9. The Kier molecular flexibility index (Phi) is 4.38. The molecule has 3 N–H and O–H groups in total. The zero-order valence-corrected chi connectivity index (χ0v) is 12.5. The van der Waals surface area contributed by atoms with Crippen molar-refractivity contribution >= 4 is 21.4 Å². The molecule has 0 amide bonds. The van der Waals surface area contributed by atoms with Gasteiger partial charge in [0.25, 0.3) is 0 Å². The molecule has 1 aromatic carbocycles. The molecule has 0 fully saturated rings. The fourth-order valence-electron chi connectivity index (χ4n) is 1.97. The number of nitrogens with zero attached hydrogens (tertiary/aromatic N) is 2. The van der Waals surface area contributed by atoms with E-state index in [0.29, 0.717) is 5.69 Å². The van der Waals surface area contributed by atoms with E-state index in [9.17, 15) is 18.5 Å². The Hall–Kier alpha value is -2.52. The van der Waals surface area contributed by atoms with Crippen molar-refractivity contribution in [3.63, 3.8) is 0 Å². The van der Waals surface area contributed by atoms with Gasteiger partial charge in [-0.3, -0.25) is 15.1 Å². The summed E-state index contributed by atoms with van der Waals surface area (Å²) in [6.07, 6.45) is 0. The topological polar surface area (TPSA) is 128 Å². The second-order valence-electron chi connectivity index (χ2n) is 4.58. The van der Waals surface area contributed by atoms with E-state index in [1.807, 2.05) is 19.1 Å². The molecular formula is C13H14N4O4S. The van der Waals surface area contributed by atoms with Crippen molar-refractivity contribution in [2.45, 2.75) is 18.4 Å². The minimum atomic E-state index is -4.19. The van der Waals surface area contributed by atoms with Gasteiger partial charge in [0, 0.05) is 5.69 Å². The van der Waals surface area contributed by atoms with E-state index in [-0.39, 0.29) is 12.2 Å². The Labute approximate surface area is 127 Å². The maximum Gasteiger partial charge on any atom is 0.312 e. The van der Waals surface area contributed by atoms with Crippen LogP contribution >= 0.6 is 0 Å². The Morgan fingerprint density at radius 2 is 1.95 bits per heavy atom. The number of benzene rings is 1. The van der Waals surface area contributed by atoms with Crippen LogP contribution < -0.4 is 10.5 Å². The highest BCUT2D eigenvalue weighted by atomic mass is 32.2. The average Bonchev–Trinajstić information content (AvgIpc) is 2.43. The number of hydrogen-bond donors (Lipinski definition) is 2. The molecule has 0 aliphatic rings. The highest BCUT2D eigenvalue weighted by Crippen LogP contribution is 2.31. The summed E-state index contributed by atoms with van der Waals surface area (Å²) in [7, 11) is -4.19. The van der Waals surface area contributed by atoms with Crippen LogP contribution in [0.5, 0.6) is 0 Å². The minimum Gasteiger partial charge on any atom is -0.374 e. The van der Waals surface area contributed by atoms with Gasteiger partial charge < -0.3 is 5.32 Å². The number of sulfonamides is 1. The van der Waals surface area contributed by atoms with Crippen molar-refractivity contribution < 1.29 is 13.3 Å². The molecule has 1 aromatic heterocycles. The Bertz CT molecular complexity index is 821. The van der Waals surface area contributed by atoms with Crippen LogP contribution in [0.15, 0.2) is 41.3 Å². The molecule has 0 spiro atoms. The Balaban J connectivity index is 2.37. The van der Waals surface area contributed by atoms with Crippen LogP contribution in [0.1, 0.15) is 11.4 Å². The van der Waals surface area contributed by atoms with Crippen LogP contribution in [-0.2, 0) is 16.6 Å². The molecule has 1 heterocycles. The number of para-hydroxylation sites is 1. The summed E-state index contributed by atoms with van der Waals surface area (Å²) >= 11 is 0. The van der Waals surface area contributed by atoms with Gasteiger partial charge in [-0.15, -0.1) is 0 Å². The molecule has 2 aromatic rings. The van der Waals surface area contributed by atoms with Crippen molar-refractivity contribution in [3.05, 3.63) is 57.9 Å². The number of rotatable bonds is 5. The number of nitrogens with one attached hydrogen (secondary N) is 1. The molecule has 0 radical (unpaired) electrons. The lowest BCUT2D eigenvalue weighted by molar-refractivity contribution is -0.386. The molecule has 0 aliphatic heterocycles. The molecule has 0 saturated heterocycles. The fraction of sp³-hybridized carbons (Fsp3) is 0.154. The highest BCUT2D eigenvalue weighted by molar-refractivity contribution is 7.89. The number of pyridine rings is 1. The molecular weight excluding hydrogens is 308 g/mol. The lowest BCUT2D eigenvalue weighted by atomic mass is 10.2. The summed E-state index contributed by atoms with van der Waals surface area (Å²) in [6.45, 7) is 2.05. The van der Waals surface area contributed by atoms with Crippen molar-refractivity contribution in [2.24, 2.45) is 5.14 Å². The average molecular weight is 322 g/mol. The van der Waals surface area contributed by atoms with E-state index in [0.717, 1.165) is 11.8 Å². The zero-order valence-electron chi connectivity index (χ0n) is 11.7. The number of nitro groups is 1. The van der Waals surface area contributed by atoms with Gasteiger partial charge in [0.15, 0.2) is 4.90 Å². The quantitative estimate of drug-likeness (QED) is 0.635. The number of anilines is 1. The van der Waals surface area contributed by atoms with Gasteiger partial charge in [0.2, 0.25) is 10.0 Å². The summed E-state index contributed by atoms with van der Waals surface area (Å²) in [4.78, 5) is 14.1. The summed E-state index contributed by atoms with van der Waals surface area (Å²) in [5.74, 6) is 0. The highest BCUT2D eigenvalue weighted by Gasteiger charge is 2.26. The number of aromatic nitrogens is 1. The lowest BCUT2D eigenvalue weighted by Crippen LogP contribution is -2.15. The number of hydrogen-bond acceptors (Lipinski definition) is 6. The molecule has 116 valence electrons. The number of primary sulfonamides is 1. The molecule has 0 saturated carbocycles. The first-order chi connectivity index (χ1) is 10.3. The van der Waals surface area contributed by atoms with Crippen molar-refractivity contribution in [3.8, 4) is 0 Å². The second-order valence-corrected chi connectivity index (χ2v) is 6.11. The molecule has 0 bridgehead atoms. The molecule has 0 atom stereocenters. The standard InChI is InChI=1S/C13H14N4O4S/c1-9-4-2-5-10(16-9)8-15-11-6-3-7-12(22(14,20)21)13(11)17(18)19/h2-7,15H,8H2,1H3,(H2,14,20,21). The maximum absolute atomic E-state index is 11.5. The van der Waals surface area contributed by atoms with Crippen LogP contribution in [0, 0.1) is 17.0 Å². The number of nitro benzene ring substituents is 1. The second kappa shape index (κ2) is 6.08. The molecule has 9 heteroatoms. The van der Waals surface area contributed by atoms with Crippen LogP contribution in [0.3, 0.4) is 0 Å². The first-order valence-corrected chi connectivity index (χ1v) is 7.80. The van der Waals surface area contributed by atoms with Crippen LogP contribution in [0.4, 0.5) is 11.4 Å². The van der Waals surface area contributed by atoms with Crippen molar-refractivity contribution in [1.29, 1.82) is 0 Å². The molecule has 8 nitrogen and oxygen atoms in total. The molecule has 0 unspecified atom stereocenters. The van der Waals surface area contributed by atoms with E-state index < -0.39 is 25.5 Å². The van der Waals surface area contributed by atoms with Gasteiger partial charge in [-0.2, -0.15) is 0 Å². The number of nitrogens with two attached hydrogens (primary N) is 1. The van der Waals surface area contributed by atoms with Gasteiger partial charge >= 0.3 is 5.69 Å². The van der Waals surface area contributed by atoms with Crippen molar-refractivity contribution in [2.75, 3.05) is 5.32 Å². The van der Waals surface area contributed by atoms with Crippen molar-refractivity contribution in [1.82, 2.24) is 4.98 Å². The summed E-state index contributed by atoms with van der Waals surface area (Å²) in [5, 5.41) is 19.0. The minimum absolute atomic E-state index is 0.0693. The largest absolute Gasteiger partial charge is 0.374 e. The first-order valence-electron chi connectivity index (χ1n) is 6.25. The van der Waals surface area contributed by atoms with E-state index >= 15 is 0 Å². The third kappa shape index (κ3) is 3.57. The Morgan fingerprint density at radius 3 is 2.55 bits per heavy atom. The predicted octanol–water partition coefficient (Wildman–Crippen LogP) is 1.56. The van der Waals surface area contributed by atoms with Gasteiger partial charge in [0.05, 0.1) is 17.2 Å². The van der Waals surface area contributed by atoms with Crippen LogP contribution in [0.2, 0.25) is 0 Å². The zero-order chi connectivity index (χ0) is 16.3. The normalized spacial score (nSPS) is 11.2. The van der Waals surface area contributed by atoms with E-state index in [1.54, 1.807) is 6.07 Å². The summed E-state index contributed by atoms with van der Waals surface area (Å²) in [6, 6.07) is 9.31. The third-order valence-electron chi connectivity index (χ3n) is 2.89. The van der Waals surface area contributed by atoms with E-state index in [4.69, 9.17) is 5.14 Å². The smallest absolute Gasteiger partial charge is 0.312 e. The first kappa shape index (κ1) is 15.9.